The Hall–Kier alpha value is -0.770. The van der Waals surface area contributed by atoms with E-state index in [1.807, 2.05) is 0 Å². The minimum atomic E-state index is 0.350. The topological polar surface area (TPSA) is 61.9 Å². The van der Waals surface area contributed by atoms with Crippen molar-refractivity contribution in [3.63, 3.8) is 0 Å². The van der Waals surface area contributed by atoms with Crippen molar-refractivity contribution >= 4 is 5.84 Å². The van der Waals surface area contributed by atoms with E-state index >= 15 is 0 Å². The molecule has 19 heavy (non-hydrogen) atoms. The molecule has 2 atom stereocenters. The number of oxime groups is 1. The quantitative estimate of drug-likeness (QED) is 0.357. The Morgan fingerprint density at radius 1 is 1.37 bits per heavy atom. The highest BCUT2D eigenvalue weighted by atomic mass is 16.4. The first-order valence-electron chi connectivity index (χ1n) is 7.59. The van der Waals surface area contributed by atoms with Crippen LogP contribution in [0.1, 0.15) is 59.8 Å². The molecule has 0 spiro atoms. The number of hydrogen-bond acceptors (Lipinski definition) is 3. The normalized spacial score (nSPS) is 25.1. The molecule has 4 nitrogen and oxygen atoms in total. The van der Waals surface area contributed by atoms with E-state index in [1.54, 1.807) is 0 Å². The summed E-state index contributed by atoms with van der Waals surface area (Å²) in [5.41, 5.74) is 6.07. The molecular formula is C15H31N3O. The smallest absolute Gasteiger partial charge is 0.140 e. The fourth-order valence-electron chi connectivity index (χ4n) is 3.16. The Kier molecular flexibility index (Phi) is 6.11. The SMILES string of the molecule is CCC(CC(N)=NO)N1CCCC(C(C)(C)C)CC1. The highest BCUT2D eigenvalue weighted by molar-refractivity contribution is 5.80. The molecule has 2 unspecified atom stereocenters. The maximum absolute atomic E-state index is 8.73. The molecule has 1 heterocycles. The minimum absolute atomic E-state index is 0.350. The second-order valence-corrected chi connectivity index (χ2v) is 6.89. The number of amidine groups is 1. The van der Waals surface area contributed by atoms with E-state index in [9.17, 15) is 0 Å². The zero-order chi connectivity index (χ0) is 14.5. The van der Waals surface area contributed by atoms with E-state index in [-0.39, 0.29) is 0 Å². The molecule has 112 valence electrons. The van der Waals surface area contributed by atoms with Crippen molar-refractivity contribution in [1.29, 1.82) is 0 Å². The molecule has 1 aliphatic heterocycles. The summed E-state index contributed by atoms with van der Waals surface area (Å²) in [5.74, 6) is 1.15. The molecule has 0 aromatic heterocycles. The summed E-state index contributed by atoms with van der Waals surface area (Å²) in [4.78, 5) is 2.53. The fourth-order valence-corrected chi connectivity index (χ4v) is 3.16. The Balaban J connectivity index is 2.60. The molecule has 0 aliphatic carbocycles. The number of nitrogens with two attached hydrogens (primary N) is 1. The van der Waals surface area contributed by atoms with Crippen LogP contribution in [0, 0.1) is 11.3 Å². The van der Waals surface area contributed by atoms with Crippen molar-refractivity contribution < 1.29 is 5.21 Å². The first-order valence-corrected chi connectivity index (χ1v) is 7.59. The second kappa shape index (κ2) is 7.13. The maximum atomic E-state index is 8.73. The van der Waals surface area contributed by atoms with Crippen LogP contribution < -0.4 is 5.73 Å². The van der Waals surface area contributed by atoms with Crippen molar-refractivity contribution in [3.05, 3.63) is 0 Å². The van der Waals surface area contributed by atoms with Gasteiger partial charge in [0.2, 0.25) is 0 Å². The van der Waals surface area contributed by atoms with E-state index in [0.717, 1.165) is 25.4 Å². The Labute approximate surface area is 118 Å². The van der Waals surface area contributed by atoms with Crippen LogP contribution >= 0.6 is 0 Å². The van der Waals surface area contributed by atoms with Gasteiger partial charge in [0.05, 0.1) is 0 Å². The summed E-state index contributed by atoms with van der Waals surface area (Å²) >= 11 is 0. The highest BCUT2D eigenvalue weighted by Crippen LogP contribution is 2.34. The summed E-state index contributed by atoms with van der Waals surface area (Å²) in [6.07, 6.45) is 5.56. The first kappa shape index (κ1) is 16.3. The molecule has 1 saturated heterocycles. The Morgan fingerprint density at radius 2 is 2.05 bits per heavy atom. The molecular weight excluding hydrogens is 238 g/mol. The number of nitrogens with zero attached hydrogens (tertiary/aromatic N) is 2. The van der Waals surface area contributed by atoms with Crippen molar-refractivity contribution in [2.45, 2.75) is 65.8 Å². The van der Waals surface area contributed by atoms with E-state index < -0.39 is 0 Å². The highest BCUT2D eigenvalue weighted by Gasteiger charge is 2.29. The third-order valence-corrected chi connectivity index (χ3v) is 4.55. The van der Waals surface area contributed by atoms with Gasteiger partial charge in [-0.25, -0.2) is 0 Å². The number of likely N-dealkylation sites (tertiary alicyclic amines) is 1. The van der Waals surface area contributed by atoms with Crippen molar-refractivity contribution in [2.24, 2.45) is 22.2 Å². The third kappa shape index (κ3) is 5.01. The number of hydrogen-bond donors (Lipinski definition) is 2. The van der Waals surface area contributed by atoms with Crippen LogP contribution in [0.2, 0.25) is 0 Å². The lowest BCUT2D eigenvalue weighted by Crippen LogP contribution is -2.39. The molecule has 0 bridgehead atoms. The summed E-state index contributed by atoms with van der Waals surface area (Å²) < 4.78 is 0. The van der Waals surface area contributed by atoms with Gasteiger partial charge in [-0.3, -0.25) is 4.90 Å². The van der Waals surface area contributed by atoms with Gasteiger partial charge in [0, 0.05) is 12.5 Å². The molecule has 0 amide bonds. The Morgan fingerprint density at radius 3 is 2.58 bits per heavy atom. The van der Waals surface area contributed by atoms with Gasteiger partial charge in [0.25, 0.3) is 0 Å². The fraction of sp³-hybridized carbons (Fsp3) is 0.933. The summed E-state index contributed by atoms with van der Waals surface area (Å²) in [7, 11) is 0. The van der Waals surface area contributed by atoms with Crippen LogP contribution in [-0.2, 0) is 0 Å². The van der Waals surface area contributed by atoms with Gasteiger partial charge in [-0.1, -0.05) is 32.9 Å². The lowest BCUT2D eigenvalue weighted by Gasteiger charge is -2.31. The molecule has 1 fully saturated rings. The van der Waals surface area contributed by atoms with Gasteiger partial charge in [0.15, 0.2) is 0 Å². The molecule has 4 heteroatoms. The summed E-state index contributed by atoms with van der Waals surface area (Å²) in [5, 5.41) is 11.8. The van der Waals surface area contributed by atoms with Crippen LogP contribution in [-0.4, -0.2) is 35.1 Å². The zero-order valence-corrected chi connectivity index (χ0v) is 13.0. The van der Waals surface area contributed by atoms with Crippen molar-refractivity contribution in [1.82, 2.24) is 4.90 Å². The first-order chi connectivity index (χ1) is 8.88. The molecule has 1 aliphatic rings. The standard InChI is InChI=1S/C15H31N3O/c1-5-13(11-14(16)17-19)18-9-6-7-12(8-10-18)15(2,3)4/h12-13,19H,5-11H2,1-4H3,(H2,16,17). The predicted molar refractivity (Wildman–Crippen MR) is 80.5 cm³/mol. The second-order valence-electron chi connectivity index (χ2n) is 6.89. The molecule has 0 aromatic carbocycles. The van der Waals surface area contributed by atoms with Gasteiger partial charge < -0.3 is 10.9 Å². The van der Waals surface area contributed by atoms with Gasteiger partial charge in [0.1, 0.15) is 5.84 Å². The van der Waals surface area contributed by atoms with E-state index in [1.165, 1.54) is 19.3 Å². The minimum Gasteiger partial charge on any atom is -0.409 e. The third-order valence-electron chi connectivity index (χ3n) is 4.55. The van der Waals surface area contributed by atoms with Gasteiger partial charge in [-0.2, -0.15) is 0 Å². The molecule has 0 aromatic rings. The van der Waals surface area contributed by atoms with Crippen molar-refractivity contribution in [3.8, 4) is 0 Å². The van der Waals surface area contributed by atoms with E-state index in [0.29, 0.717) is 23.7 Å². The van der Waals surface area contributed by atoms with Gasteiger partial charge in [-0.05, 0) is 50.1 Å². The van der Waals surface area contributed by atoms with Crippen LogP contribution in [0.4, 0.5) is 0 Å². The van der Waals surface area contributed by atoms with Crippen LogP contribution in [0.15, 0.2) is 5.16 Å². The monoisotopic (exact) mass is 269 g/mol. The largest absolute Gasteiger partial charge is 0.409 e. The van der Waals surface area contributed by atoms with Crippen LogP contribution in [0.25, 0.3) is 0 Å². The van der Waals surface area contributed by atoms with Crippen LogP contribution in [0.3, 0.4) is 0 Å². The molecule has 1 rings (SSSR count). The van der Waals surface area contributed by atoms with Crippen molar-refractivity contribution in [2.75, 3.05) is 13.1 Å². The Bertz CT molecular complexity index is 296. The maximum Gasteiger partial charge on any atom is 0.140 e. The summed E-state index contributed by atoms with van der Waals surface area (Å²) in [6.45, 7) is 11.5. The lowest BCUT2D eigenvalue weighted by atomic mass is 9.77. The lowest BCUT2D eigenvalue weighted by molar-refractivity contribution is 0.180. The predicted octanol–water partition coefficient (Wildman–Crippen LogP) is 3.05. The molecule has 3 N–H and O–H groups in total. The number of rotatable bonds is 4. The van der Waals surface area contributed by atoms with E-state index in [2.05, 4.69) is 37.8 Å². The van der Waals surface area contributed by atoms with Gasteiger partial charge in [-0.15, -0.1) is 0 Å². The average Bonchev–Trinajstić information content (AvgIpc) is 2.60. The zero-order valence-electron chi connectivity index (χ0n) is 13.0. The summed E-state index contributed by atoms with van der Waals surface area (Å²) in [6, 6.07) is 0.412. The average molecular weight is 269 g/mol. The van der Waals surface area contributed by atoms with E-state index in [4.69, 9.17) is 10.9 Å². The molecule has 0 radical (unpaired) electrons. The van der Waals surface area contributed by atoms with Gasteiger partial charge >= 0.3 is 0 Å². The molecule has 0 saturated carbocycles. The van der Waals surface area contributed by atoms with Crippen LogP contribution in [0.5, 0.6) is 0 Å².